The highest BCUT2D eigenvalue weighted by molar-refractivity contribution is 8.00. The van der Waals surface area contributed by atoms with Crippen LogP contribution in [0, 0.1) is 38.5 Å². The molecule has 6 nitrogen and oxygen atoms in total. The molecule has 0 spiro atoms. The van der Waals surface area contributed by atoms with Crippen molar-refractivity contribution in [3.05, 3.63) is 17.0 Å². The molecule has 2 bridgehead atoms. The van der Waals surface area contributed by atoms with E-state index in [1.165, 1.54) is 37.4 Å². The Balaban J connectivity index is 1.41. The molecule has 2 aliphatic carbocycles. The van der Waals surface area contributed by atoms with Gasteiger partial charge in [-0.1, -0.05) is 18.2 Å². The largest absolute Gasteiger partial charge is 0.352 e. The first-order chi connectivity index (χ1) is 12.8. The van der Waals surface area contributed by atoms with Gasteiger partial charge in [0.2, 0.25) is 11.1 Å². The Morgan fingerprint density at radius 2 is 1.96 bits per heavy atom. The van der Waals surface area contributed by atoms with Crippen molar-refractivity contribution in [3.63, 3.8) is 0 Å². The molecule has 2 heterocycles. The number of aryl methyl sites for hydroxylation is 2. The van der Waals surface area contributed by atoms with E-state index in [0.29, 0.717) is 16.9 Å². The summed E-state index contributed by atoms with van der Waals surface area (Å²) in [5.74, 6) is 3.04. The first-order valence-electron chi connectivity index (χ1n) is 10.0. The number of nitrogens with one attached hydrogen (secondary N) is 1. The van der Waals surface area contributed by atoms with Crippen LogP contribution in [0.25, 0.3) is 5.78 Å². The molecule has 7 heteroatoms. The van der Waals surface area contributed by atoms with Gasteiger partial charge in [-0.3, -0.25) is 4.79 Å². The maximum atomic E-state index is 12.7. The second kappa shape index (κ2) is 7.08. The molecule has 2 saturated carbocycles. The topological polar surface area (TPSA) is 72.2 Å². The average molecular weight is 388 g/mol. The molecule has 146 valence electrons. The van der Waals surface area contributed by atoms with E-state index < -0.39 is 0 Å². The van der Waals surface area contributed by atoms with Crippen LogP contribution in [0.3, 0.4) is 0 Å². The molecule has 2 aromatic rings. The third kappa shape index (κ3) is 3.46. The van der Waals surface area contributed by atoms with Gasteiger partial charge in [0.05, 0.1) is 5.25 Å². The highest BCUT2D eigenvalue weighted by Gasteiger charge is 2.42. The zero-order valence-electron chi connectivity index (χ0n) is 16.8. The number of fused-ring (bicyclic) bond motifs is 3. The van der Waals surface area contributed by atoms with Crippen molar-refractivity contribution in [1.82, 2.24) is 24.9 Å². The van der Waals surface area contributed by atoms with E-state index in [4.69, 9.17) is 0 Å². The van der Waals surface area contributed by atoms with E-state index in [2.05, 4.69) is 27.3 Å². The number of rotatable bonds is 5. The molecule has 2 fully saturated rings. The normalized spacial score (nSPS) is 26.5. The summed E-state index contributed by atoms with van der Waals surface area (Å²) in [5.41, 5.74) is 3.13. The lowest BCUT2D eigenvalue weighted by atomic mass is 9.84. The Morgan fingerprint density at radius 3 is 2.63 bits per heavy atom. The summed E-state index contributed by atoms with van der Waals surface area (Å²) in [7, 11) is 0. The van der Waals surface area contributed by atoms with Crippen LogP contribution in [0.1, 0.15) is 56.5 Å². The fourth-order valence-corrected chi connectivity index (χ4v) is 5.61. The Kier molecular flexibility index (Phi) is 4.91. The van der Waals surface area contributed by atoms with Crippen molar-refractivity contribution >= 4 is 23.4 Å². The smallest absolute Gasteiger partial charge is 0.253 e. The number of aromatic nitrogens is 4. The molecule has 0 unspecified atom stereocenters. The second-order valence-electron chi connectivity index (χ2n) is 8.41. The van der Waals surface area contributed by atoms with Gasteiger partial charge in [0.15, 0.2) is 0 Å². The lowest BCUT2D eigenvalue weighted by molar-refractivity contribution is -0.121. The van der Waals surface area contributed by atoms with Gasteiger partial charge in [0.1, 0.15) is 0 Å². The second-order valence-corrected chi connectivity index (χ2v) is 9.72. The maximum Gasteiger partial charge on any atom is 0.253 e. The molecule has 5 atom stereocenters. The van der Waals surface area contributed by atoms with Crippen LogP contribution < -0.4 is 5.32 Å². The third-order valence-electron chi connectivity index (χ3n) is 6.70. The summed E-state index contributed by atoms with van der Waals surface area (Å²) in [4.78, 5) is 21.7. The zero-order chi connectivity index (χ0) is 19.3. The molecule has 27 heavy (non-hydrogen) atoms. The SMILES string of the molecule is Cc1nc2nc(S[C@H](C)C(=O)N[C@@H](C)[C@@H]3C[C@H]4CC[C@H]3C4)nn2c(C)c1C. The van der Waals surface area contributed by atoms with Gasteiger partial charge in [-0.05, 0) is 77.2 Å². The number of carbonyl (C=O) groups is 1. The highest BCUT2D eigenvalue weighted by Crippen LogP contribution is 2.49. The van der Waals surface area contributed by atoms with Crippen LogP contribution in [-0.4, -0.2) is 36.8 Å². The molecular formula is C20H29N5OS. The van der Waals surface area contributed by atoms with Gasteiger partial charge >= 0.3 is 0 Å². The monoisotopic (exact) mass is 387 g/mol. The van der Waals surface area contributed by atoms with Gasteiger partial charge in [-0.25, -0.2) is 9.50 Å². The summed E-state index contributed by atoms with van der Waals surface area (Å²) in [6, 6.07) is 0.249. The van der Waals surface area contributed by atoms with Crippen LogP contribution >= 0.6 is 11.8 Å². The first kappa shape index (κ1) is 18.7. The Hall–Kier alpha value is -1.63. The Morgan fingerprint density at radius 1 is 1.19 bits per heavy atom. The fraction of sp³-hybridized carbons (Fsp3) is 0.700. The van der Waals surface area contributed by atoms with Crippen LogP contribution in [0.5, 0.6) is 0 Å². The number of hydrogen-bond acceptors (Lipinski definition) is 5. The summed E-state index contributed by atoms with van der Waals surface area (Å²) in [6.45, 7) is 10.1. The van der Waals surface area contributed by atoms with Crippen LogP contribution in [0.2, 0.25) is 0 Å². The average Bonchev–Trinajstić information content (AvgIpc) is 3.35. The minimum Gasteiger partial charge on any atom is -0.352 e. The van der Waals surface area contributed by atoms with Crippen molar-refractivity contribution in [2.24, 2.45) is 17.8 Å². The fourth-order valence-electron chi connectivity index (χ4n) is 4.85. The minimum absolute atomic E-state index is 0.0752. The van der Waals surface area contributed by atoms with Crippen molar-refractivity contribution in [2.45, 2.75) is 76.8 Å². The third-order valence-corrected chi connectivity index (χ3v) is 7.65. The van der Waals surface area contributed by atoms with Crippen LogP contribution in [0.15, 0.2) is 5.16 Å². The van der Waals surface area contributed by atoms with E-state index in [9.17, 15) is 4.79 Å². The summed E-state index contributed by atoms with van der Waals surface area (Å²) >= 11 is 1.40. The van der Waals surface area contributed by atoms with Crippen LogP contribution in [-0.2, 0) is 4.79 Å². The van der Waals surface area contributed by atoms with Gasteiger partial charge in [0, 0.05) is 17.4 Å². The van der Waals surface area contributed by atoms with Gasteiger partial charge in [-0.2, -0.15) is 4.98 Å². The molecular weight excluding hydrogens is 358 g/mol. The molecule has 2 aromatic heterocycles. The molecule has 0 radical (unpaired) electrons. The molecule has 0 aromatic carbocycles. The standard InChI is InChI=1S/C20H29N5OS/c1-10-11(2)22-19-23-20(24-25(19)13(10)4)27-14(5)18(26)21-12(3)17-9-15-6-7-16(17)8-15/h12,14-17H,6-9H2,1-5H3,(H,21,26)/t12-,14+,15-,16-,17-/m0/s1. The quantitative estimate of drug-likeness (QED) is 0.796. The Labute approximate surface area is 164 Å². The zero-order valence-corrected chi connectivity index (χ0v) is 17.6. The predicted octanol–water partition coefficient (Wildman–Crippen LogP) is 3.47. The number of hydrogen-bond donors (Lipinski definition) is 1. The number of thioether (sulfide) groups is 1. The molecule has 1 N–H and O–H groups in total. The number of nitrogens with zero attached hydrogens (tertiary/aromatic N) is 4. The molecule has 1 amide bonds. The highest BCUT2D eigenvalue weighted by atomic mass is 32.2. The lowest BCUT2D eigenvalue weighted by Gasteiger charge is -2.29. The molecule has 0 aliphatic heterocycles. The maximum absolute atomic E-state index is 12.7. The van der Waals surface area contributed by atoms with Crippen molar-refractivity contribution in [2.75, 3.05) is 0 Å². The first-order valence-corrected chi connectivity index (χ1v) is 10.9. The predicted molar refractivity (Wildman–Crippen MR) is 107 cm³/mol. The molecule has 0 saturated heterocycles. The van der Waals surface area contributed by atoms with Crippen molar-refractivity contribution in [1.29, 1.82) is 0 Å². The number of carbonyl (C=O) groups excluding carboxylic acids is 1. The summed E-state index contributed by atoms with van der Waals surface area (Å²) in [6.07, 6.45) is 5.38. The van der Waals surface area contributed by atoms with Crippen molar-refractivity contribution < 1.29 is 4.79 Å². The number of amides is 1. The van der Waals surface area contributed by atoms with Crippen molar-refractivity contribution in [3.8, 4) is 0 Å². The van der Waals surface area contributed by atoms with Gasteiger partial charge in [0.25, 0.3) is 5.78 Å². The van der Waals surface area contributed by atoms with E-state index in [1.807, 2.05) is 27.7 Å². The van der Waals surface area contributed by atoms with E-state index in [-0.39, 0.29) is 17.2 Å². The van der Waals surface area contributed by atoms with Gasteiger partial charge < -0.3 is 5.32 Å². The van der Waals surface area contributed by atoms with E-state index >= 15 is 0 Å². The summed E-state index contributed by atoms with van der Waals surface area (Å²) in [5, 5.41) is 8.17. The van der Waals surface area contributed by atoms with E-state index in [0.717, 1.165) is 28.8 Å². The lowest BCUT2D eigenvalue weighted by Crippen LogP contribution is -2.43. The van der Waals surface area contributed by atoms with Crippen LogP contribution in [0.4, 0.5) is 0 Å². The van der Waals surface area contributed by atoms with Gasteiger partial charge in [-0.15, -0.1) is 5.10 Å². The van der Waals surface area contributed by atoms with E-state index in [1.54, 1.807) is 4.52 Å². The Bertz CT molecular complexity index is 879. The summed E-state index contributed by atoms with van der Waals surface area (Å²) < 4.78 is 1.77. The minimum atomic E-state index is -0.231. The molecule has 2 aliphatic rings. The molecule has 4 rings (SSSR count).